The summed E-state index contributed by atoms with van der Waals surface area (Å²) in [5.74, 6) is -3.67. The van der Waals surface area contributed by atoms with Crippen molar-refractivity contribution in [1.29, 1.82) is 0 Å². The fraction of sp³-hybridized carbons (Fsp3) is 0.0714. The van der Waals surface area contributed by atoms with E-state index >= 15 is 0 Å². The number of aromatic nitrogens is 2. The third-order valence-electron chi connectivity index (χ3n) is 3.00. The summed E-state index contributed by atoms with van der Waals surface area (Å²) in [6.45, 7) is 1.88. The number of H-pyrrole nitrogens is 1. The number of nitrogens with zero attached hydrogens (tertiary/aromatic N) is 1. The number of nitrogens with one attached hydrogen (secondary N) is 1. The molecule has 0 spiro atoms. The predicted molar refractivity (Wildman–Crippen MR) is 73.8 cm³/mol. The Balaban J connectivity index is 2.22. The normalized spacial score (nSPS) is 11.2. The van der Waals surface area contributed by atoms with Crippen LogP contribution in [0.1, 0.15) is 5.56 Å². The summed E-state index contributed by atoms with van der Waals surface area (Å²) in [5, 5.41) is 0. The third-order valence-corrected chi connectivity index (χ3v) is 3.46. The highest BCUT2D eigenvalue weighted by Gasteiger charge is 2.14. The van der Waals surface area contributed by atoms with Gasteiger partial charge in [-0.3, -0.25) is 0 Å². The summed E-state index contributed by atoms with van der Waals surface area (Å²) in [6.07, 6.45) is 0. The van der Waals surface area contributed by atoms with Crippen LogP contribution in [-0.2, 0) is 0 Å². The molecule has 0 radical (unpaired) electrons. The lowest BCUT2D eigenvalue weighted by Gasteiger charge is -1.99. The average Bonchev–Trinajstić information content (AvgIpc) is 2.79. The van der Waals surface area contributed by atoms with E-state index in [9.17, 15) is 13.2 Å². The van der Waals surface area contributed by atoms with Gasteiger partial charge in [0.25, 0.3) is 0 Å². The van der Waals surface area contributed by atoms with Crippen LogP contribution in [0, 0.1) is 24.4 Å². The fourth-order valence-corrected chi connectivity index (χ4v) is 2.65. The number of aromatic amines is 1. The Morgan fingerprint density at radius 1 is 1.05 bits per heavy atom. The Morgan fingerprint density at radius 2 is 1.70 bits per heavy atom. The molecule has 3 rings (SSSR count). The molecule has 0 aliphatic heterocycles. The molecular formula is C14H8BrF3N2. The summed E-state index contributed by atoms with van der Waals surface area (Å²) < 4.78 is 40.4. The van der Waals surface area contributed by atoms with E-state index in [-0.39, 0.29) is 5.56 Å². The maximum atomic E-state index is 13.3. The van der Waals surface area contributed by atoms with Gasteiger partial charge in [0.15, 0.2) is 17.5 Å². The van der Waals surface area contributed by atoms with Crippen molar-refractivity contribution in [3.05, 3.63) is 51.8 Å². The van der Waals surface area contributed by atoms with Gasteiger partial charge < -0.3 is 4.98 Å². The second-order valence-corrected chi connectivity index (χ2v) is 5.37. The minimum atomic E-state index is -1.48. The van der Waals surface area contributed by atoms with Crippen molar-refractivity contribution in [1.82, 2.24) is 9.97 Å². The summed E-state index contributed by atoms with van der Waals surface area (Å²) in [5.41, 5.74) is 2.51. The second kappa shape index (κ2) is 4.63. The van der Waals surface area contributed by atoms with Gasteiger partial charge in [-0.2, -0.15) is 0 Å². The number of rotatable bonds is 1. The maximum absolute atomic E-state index is 13.3. The van der Waals surface area contributed by atoms with Crippen LogP contribution in [0.15, 0.2) is 28.7 Å². The number of fused-ring (bicyclic) bond motifs is 1. The SMILES string of the molecule is Cc1cc(Br)cc2[nH]c(-c3cc(F)c(F)c(F)c3)nc12. The minimum absolute atomic E-state index is 0.160. The van der Waals surface area contributed by atoms with Gasteiger partial charge in [-0.05, 0) is 36.8 Å². The number of aryl methyl sites for hydroxylation is 1. The topological polar surface area (TPSA) is 28.7 Å². The van der Waals surface area contributed by atoms with Crippen molar-refractivity contribution in [2.24, 2.45) is 0 Å². The van der Waals surface area contributed by atoms with E-state index in [1.807, 2.05) is 19.1 Å². The van der Waals surface area contributed by atoms with Crippen molar-refractivity contribution < 1.29 is 13.2 Å². The van der Waals surface area contributed by atoms with Crippen molar-refractivity contribution in [3.63, 3.8) is 0 Å². The summed E-state index contributed by atoms with van der Waals surface area (Å²) in [6, 6.07) is 5.54. The van der Waals surface area contributed by atoms with Gasteiger partial charge in [-0.25, -0.2) is 18.2 Å². The number of benzene rings is 2. The molecule has 1 aromatic heterocycles. The van der Waals surface area contributed by atoms with Crippen molar-refractivity contribution >= 4 is 27.0 Å². The van der Waals surface area contributed by atoms with E-state index in [1.54, 1.807) is 0 Å². The zero-order chi connectivity index (χ0) is 14.4. The summed E-state index contributed by atoms with van der Waals surface area (Å²) in [7, 11) is 0. The van der Waals surface area contributed by atoms with E-state index in [2.05, 4.69) is 25.9 Å². The van der Waals surface area contributed by atoms with E-state index in [0.29, 0.717) is 11.3 Å². The summed E-state index contributed by atoms with van der Waals surface area (Å²) >= 11 is 3.36. The molecule has 0 aliphatic rings. The van der Waals surface area contributed by atoms with E-state index in [0.717, 1.165) is 27.7 Å². The van der Waals surface area contributed by atoms with Crippen LogP contribution in [0.5, 0.6) is 0 Å². The number of hydrogen-bond donors (Lipinski definition) is 1. The van der Waals surface area contributed by atoms with Gasteiger partial charge >= 0.3 is 0 Å². The Labute approximate surface area is 120 Å². The van der Waals surface area contributed by atoms with Crippen molar-refractivity contribution in [3.8, 4) is 11.4 Å². The molecule has 1 N–H and O–H groups in total. The molecule has 6 heteroatoms. The van der Waals surface area contributed by atoms with E-state index in [4.69, 9.17) is 0 Å². The highest BCUT2D eigenvalue weighted by molar-refractivity contribution is 9.10. The summed E-state index contributed by atoms with van der Waals surface area (Å²) in [4.78, 5) is 7.27. The Morgan fingerprint density at radius 3 is 2.35 bits per heavy atom. The molecule has 20 heavy (non-hydrogen) atoms. The molecule has 0 atom stereocenters. The quantitative estimate of drug-likeness (QED) is 0.638. The molecular weight excluding hydrogens is 333 g/mol. The van der Waals surface area contributed by atoms with Crippen LogP contribution in [-0.4, -0.2) is 9.97 Å². The first-order chi connectivity index (χ1) is 9.45. The lowest BCUT2D eigenvalue weighted by molar-refractivity contribution is 0.447. The van der Waals surface area contributed by atoms with Crippen molar-refractivity contribution in [2.45, 2.75) is 6.92 Å². The second-order valence-electron chi connectivity index (χ2n) is 4.46. The van der Waals surface area contributed by atoms with Gasteiger partial charge in [0.2, 0.25) is 0 Å². The van der Waals surface area contributed by atoms with Crippen LogP contribution < -0.4 is 0 Å². The molecule has 0 amide bonds. The molecule has 0 bridgehead atoms. The molecule has 0 unspecified atom stereocenters. The Hall–Kier alpha value is -1.82. The first-order valence-electron chi connectivity index (χ1n) is 5.76. The Kier molecular flexibility index (Phi) is 3.05. The van der Waals surface area contributed by atoms with Crippen LogP contribution in [0.25, 0.3) is 22.4 Å². The van der Waals surface area contributed by atoms with Crippen molar-refractivity contribution in [2.75, 3.05) is 0 Å². The lowest BCUT2D eigenvalue weighted by Crippen LogP contribution is -1.92. The monoisotopic (exact) mass is 340 g/mol. The number of hydrogen-bond acceptors (Lipinski definition) is 1. The first kappa shape index (κ1) is 13.2. The maximum Gasteiger partial charge on any atom is 0.194 e. The zero-order valence-electron chi connectivity index (χ0n) is 10.3. The molecule has 0 aliphatic carbocycles. The highest BCUT2D eigenvalue weighted by Crippen LogP contribution is 2.27. The molecule has 102 valence electrons. The molecule has 1 heterocycles. The number of imidazole rings is 1. The van der Waals surface area contributed by atoms with Crippen LogP contribution in [0.2, 0.25) is 0 Å². The van der Waals surface area contributed by atoms with E-state index < -0.39 is 17.5 Å². The molecule has 0 saturated heterocycles. The average molecular weight is 341 g/mol. The van der Waals surface area contributed by atoms with Gasteiger partial charge in [-0.1, -0.05) is 15.9 Å². The third kappa shape index (κ3) is 2.10. The minimum Gasteiger partial charge on any atom is -0.338 e. The molecule has 0 fully saturated rings. The fourth-order valence-electron chi connectivity index (χ4n) is 2.08. The lowest BCUT2D eigenvalue weighted by atomic mass is 10.2. The van der Waals surface area contributed by atoms with Crippen LogP contribution >= 0.6 is 15.9 Å². The standard InChI is InChI=1S/C14H8BrF3N2/c1-6-2-8(15)5-11-13(6)20-14(19-11)7-3-9(16)12(18)10(17)4-7/h2-5H,1H3,(H,19,20). The smallest absolute Gasteiger partial charge is 0.194 e. The van der Waals surface area contributed by atoms with Crippen LogP contribution in [0.3, 0.4) is 0 Å². The van der Waals surface area contributed by atoms with Gasteiger partial charge in [0, 0.05) is 10.0 Å². The molecule has 2 nitrogen and oxygen atoms in total. The molecule has 2 aromatic carbocycles. The number of halogens is 4. The molecule has 0 saturated carbocycles. The first-order valence-corrected chi connectivity index (χ1v) is 6.56. The van der Waals surface area contributed by atoms with Gasteiger partial charge in [0.1, 0.15) is 5.82 Å². The van der Waals surface area contributed by atoms with E-state index in [1.165, 1.54) is 0 Å². The highest BCUT2D eigenvalue weighted by atomic mass is 79.9. The molecule has 3 aromatic rings. The van der Waals surface area contributed by atoms with Gasteiger partial charge in [0.05, 0.1) is 11.0 Å². The zero-order valence-corrected chi connectivity index (χ0v) is 11.9. The van der Waals surface area contributed by atoms with Crippen LogP contribution in [0.4, 0.5) is 13.2 Å². The predicted octanol–water partition coefficient (Wildman–Crippen LogP) is 4.72. The Bertz CT molecular complexity index is 804. The van der Waals surface area contributed by atoms with Gasteiger partial charge in [-0.15, -0.1) is 0 Å². The largest absolute Gasteiger partial charge is 0.338 e.